The highest BCUT2D eigenvalue weighted by Crippen LogP contribution is 2.34. The normalized spacial score (nSPS) is 17.1. The molecule has 0 spiro atoms. The van der Waals surface area contributed by atoms with Crippen molar-refractivity contribution in [2.24, 2.45) is 0 Å². The number of nitrogens with zero attached hydrogens (tertiary/aromatic N) is 2. The number of hydrogen-bond acceptors (Lipinski definition) is 7. The van der Waals surface area contributed by atoms with Gasteiger partial charge < -0.3 is 15.0 Å². The first-order valence-corrected chi connectivity index (χ1v) is 12.1. The summed E-state index contributed by atoms with van der Waals surface area (Å²) in [7, 11) is -4.40. The van der Waals surface area contributed by atoms with Crippen LogP contribution in [0.25, 0.3) is 16.9 Å². The minimum Gasteiger partial charge on any atom is -0.423 e. The Morgan fingerprint density at radius 3 is 2.62 bits per heavy atom. The van der Waals surface area contributed by atoms with E-state index >= 15 is 0 Å². The van der Waals surface area contributed by atoms with Gasteiger partial charge in [-0.2, -0.15) is 0 Å². The van der Waals surface area contributed by atoms with E-state index in [9.17, 15) is 13.4 Å². The van der Waals surface area contributed by atoms with Crippen LogP contribution in [0.15, 0.2) is 59.5 Å². The molecule has 0 bridgehead atoms. The SMILES string of the molecule is Cc1cccc(-c2nc3c(c(Nc4ccc(C5=CCOB5O)cc4)n2)S(=O)(=O)CCC3)c1. The lowest BCUT2D eigenvalue weighted by Crippen LogP contribution is -2.20. The molecule has 0 fully saturated rings. The summed E-state index contributed by atoms with van der Waals surface area (Å²) < 4.78 is 30.9. The van der Waals surface area contributed by atoms with E-state index in [-0.39, 0.29) is 10.6 Å². The van der Waals surface area contributed by atoms with Crippen molar-refractivity contribution < 1.29 is 18.1 Å². The summed E-state index contributed by atoms with van der Waals surface area (Å²) in [5.74, 6) is 0.884. The summed E-state index contributed by atoms with van der Waals surface area (Å²) in [6, 6.07) is 15.2. The molecular weight excluding hydrogens is 425 g/mol. The van der Waals surface area contributed by atoms with E-state index in [0.717, 1.165) is 22.2 Å². The van der Waals surface area contributed by atoms with E-state index in [1.54, 1.807) is 0 Å². The Morgan fingerprint density at radius 2 is 1.91 bits per heavy atom. The van der Waals surface area contributed by atoms with Gasteiger partial charge in [-0.3, -0.25) is 0 Å². The smallest absolute Gasteiger partial charge is 0.423 e. The molecule has 32 heavy (non-hydrogen) atoms. The second kappa shape index (κ2) is 8.16. The lowest BCUT2D eigenvalue weighted by molar-refractivity contribution is 0.316. The number of sulfone groups is 1. The van der Waals surface area contributed by atoms with Crippen LogP contribution in [-0.2, 0) is 20.9 Å². The van der Waals surface area contributed by atoms with E-state index in [4.69, 9.17) is 4.65 Å². The number of rotatable bonds is 4. The first-order chi connectivity index (χ1) is 15.4. The van der Waals surface area contributed by atoms with Crippen molar-refractivity contribution in [3.63, 3.8) is 0 Å². The van der Waals surface area contributed by atoms with Gasteiger partial charge in [0.15, 0.2) is 21.5 Å². The van der Waals surface area contributed by atoms with Crippen molar-refractivity contribution in [3.8, 4) is 11.4 Å². The fourth-order valence-corrected chi connectivity index (χ4v) is 5.71. The molecule has 2 aromatic carbocycles. The second-order valence-corrected chi connectivity index (χ2v) is 10.1. The predicted molar refractivity (Wildman–Crippen MR) is 124 cm³/mol. The first-order valence-electron chi connectivity index (χ1n) is 10.5. The summed E-state index contributed by atoms with van der Waals surface area (Å²) in [6.45, 7) is 2.37. The molecule has 5 rings (SSSR count). The average molecular weight is 447 g/mol. The molecule has 3 aromatic rings. The molecule has 2 aliphatic heterocycles. The molecule has 162 valence electrons. The van der Waals surface area contributed by atoms with Crippen LogP contribution in [0.2, 0.25) is 0 Å². The third kappa shape index (κ3) is 3.95. The van der Waals surface area contributed by atoms with Crippen LogP contribution in [0.4, 0.5) is 11.5 Å². The number of anilines is 2. The molecule has 0 saturated heterocycles. The lowest BCUT2D eigenvalue weighted by atomic mass is 9.76. The van der Waals surface area contributed by atoms with Gasteiger partial charge in [0.25, 0.3) is 0 Å². The molecule has 0 amide bonds. The zero-order valence-corrected chi connectivity index (χ0v) is 18.4. The van der Waals surface area contributed by atoms with E-state index in [1.807, 2.05) is 61.5 Å². The zero-order valence-electron chi connectivity index (χ0n) is 17.6. The number of nitrogens with one attached hydrogen (secondary N) is 1. The van der Waals surface area contributed by atoms with Crippen LogP contribution in [0.1, 0.15) is 23.2 Å². The average Bonchev–Trinajstić information content (AvgIpc) is 3.19. The summed E-state index contributed by atoms with van der Waals surface area (Å²) in [5, 5.41) is 13.1. The highest BCUT2D eigenvalue weighted by atomic mass is 32.2. The minimum atomic E-state index is -3.47. The summed E-state index contributed by atoms with van der Waals surface area (Å²) in [6.07, 6.45) is 2.98. The standard InChI is InChI=1S/C23H22BN3O4S/c1-15-4-2-5-17(14-15)22-26-20-6-3-13-32(29,30)21(20)23(27-22)25-18-9-7-16(8-10-18)19-11-12-31-24(19)28/h2,4-5,7-11,14,28H,3,6,12-13H2,1H3,(H,25,26,27). The molecule has 0 saturated carbocycles. The Kier molecular flexibility index (Phi) is 5.32. The van der Waals surface area contributed by atoms with Crippen LogP contribution in [0.3, 0.4) is 0 Å². The third-order valence-corrected chi connectivity index (χ3v) is 7.53. The van der Waals surface area contributed by atoms with Crippen molar-refractivity contribution in [1.29, 1.82) is 0 Å². The Bertz CT molecular complexity index is 1320. The molecule has 0 atom stereocenters. The van der Waals surface area contributed by atoms with Gasteiger partial charge in [0, 0.05) is 11.3 Å². The van der Waals surface area contributed by atoms with Gasteiger partial charge in [-0.1, -0.05) is 42.0 Å². The number of fused-ring (bicyclic) bond motifs is 1. The van der Waals surface area contributed by atoms with Gasteiger partial charge >= 0.3 is 7.12 Å². The molecule has 2 aliphatic rings. The van der Waals surface area contributed by atoms with Crippen molar-refractivity contribution in [3.05, 3.63) is 71.4 Å². The fraction of sp³-hybridized carbons (Fsp3) is 0.217. The van der Waals surface area contributed by atoms with Crippen LogP contribution in [0.5, 0.6) is 0 Å². The number of aromatic nitrogens is 2. The van der Waals surface area contributed by atoms with Gasteiger partial charge in [-0.25, -0.2) is 18.4 Å². The number of benzene rings is 2. The Hall–Kier alpha value is -3.01. The van der Waals surface area contributed by atoms with E-state index < -0.39 is 17.0 Å². The monoisotopic (exact) mass is 447 g/mol. The maximum Gasteiger partial charge on any atom is 0.491 e. The van der Waals surface area contributed by atoms with Crippen LogP contribution in [0, 0.1) is 6.92 Å². The summed E-state index contributed by atoms with van der Waals surface area (Å²) in [4.78, 5) is 9.43. The van der Waals surface area contributed by atoms with E-state index in [1.165, 1.54) is 0 Å². The van der Waals surface area contributed by atoms with Gasteiger partial charge in [-0.05, 0) is 49.0 Å². The minimum absolute atomic E-state index is 0.0901. The maximum atomic E-state index is 12.9. The van der Waals surface area contributed by atoms with Crippen LogP contribution < -0.4 is 5.32 Å². The molecule has 9 heteroatoms. The molecular formula is C23H22BN3O4S. The predicted octanol–water partition coefficient (Wildman–Crippen LogP) is 3.35. The molecule has 3 heterocycles. The molecule has 0 radical (unpaired) electrons. The molecule has 2 N–H and O–H groups in total. The second-order valence-electron chi connectivity index (χ2n) is 8.01. The zero-order chi connectivity index (χ0) is 22.3. The van der Waals surface area contributed by atoms with Crippen molar-refractivity contribution in [2.75, 3.05) is 17.7 Å². The first kappa shape index (κ1) is 20.9. The number of hydrogen-bond donors (Lipinski definition) is 2. The van der Waals surface area contributed by atoms with Crippen molar-refractivity contribution >= 4 is 33.9 Å². The third-order valence-electron chi connectivity index (χ3n) is 5.65. The van der Waals surface area contributed by atoms with Crippen LogP contribution >= 0.6 is 0 Å². The lowest BCUT2D eigenvalue weighted by Gasteiger charge is -2.20. The Labute approximate surface area is 187 Å². The van der Waals surface area contributed by atoms with E-state index in [2.05, 4.69) is 15.3 Å². The van der Waals surface area contributed by atoms with E-state index in [0.29, 0.717) is 42.5 Å². The van der Waals surface area contributed by atoms with Gasteiger partial charge in [0.05, 0.1) is 18.1 Å². The summed E-state index contributed by atoms with van der Waals surface area (Å²) in [5.41, 5.74) is 4.74. The van der Waals surface area contributed by atoms with Crippen molar-refractivity contribution in [2.45, 2.75) is 24.7 Å². The van der Waals surface area contributed by atoms with Gasteiger partial charge in [0.1, 0.15) is 4.90 Å². The largest absolute Gasteiger partial charge is 0.491 e. The van der Waals surface area contributed by atoms with Gasteiger partial charge in [0.2, 0.25) is 0 Å². The highest BCUT2D eigenvalue weighted by molar-refractivity contribution is 7.91. The molecule has 7 nitrogen and oxygen atoms in total. The molecule has 0 aliphatic carbocycles. The summed E-state index contributed by atoms with van der Waals surface area (Å²) >= 11 is 0. The quantitative estimate of drug-likeness (QED) is 0.592. The molecule has 1 aromatic heterocycles. The number of aryl methyl sites for hydroxylation is 2. The topological polar surface area (TPSA) is 101 Å². The van der Waals surface area contributed by atoms with Crippen molar-refractivity contribution in [1.82, 2.24) is 9.97 Å². The highest BCUT2D eigenvalue weighted by Gasteiger charge is 2.30. The van der Waals surface area contributed by atoms with Gasteiger partial charge in [-0.15, -0.1) is 0 Å². The molecule has 0 unspecified atom stereocenters. The Morgan fingerprint density at radius 1 is 1.09 bits per heavy atom. The fourth-order valence-electron chi connectivity index (χ4n) is 4.09. The maximum absolute atomic E-state index is 12.9. The Balaban J connectivity index is 1.56. The van der Waals surface area contributed by atoms with Crippen LogP contribution in [-0.4, -0.2) is 42.9 Å².